The number of halogens is 2. The lowest BCUT2D eigenvalue weighted by molar-refractivity contribution is -0.159. The fourth-order valence-corrected chi connectivity index (χ4v) is 3.45. The van der Waals surface area contributed by atoms with Crippen molar-refractivity contribution in [2.24, 2.45) is 0 Å². The Labute approximate surface area is 179 Å². The SMILES string of the molecule is CN(CC(=O)Nc1ccc(F)cc1)C(=O)COC(=O)C1(c2ccc(Cl)cc2)CCC1. The lowest BCUT2D eigenvalue weighted by Gasteiger charge is -2.39. The summed E-state index contributed by atoms with van der Waals surface area (Å²) in [7, 11) is 1.44. The number of hydrogen-bond acceptors (Lipinski definition) is 4. The number of nitrogens with zero attached hydrogens (tertiary/aromatic N) is 1. The molecule has 0 radical (unpaired) electrons. The van der Waals surface area contributed by atoms with E-state index in [0.29, 0.717) is 23.6 Å². The topological polar surface area (TPSA) is 75.7 Å². The van der Waals surface area contributed by atoms with Gasteiger partial charge in [0.1, 0.15) is 5.82 Å². The molecule has 158 valence electrons. The molecule has 1 aliphatic carbocycles. The number of carbonyl (C=O) groups is 3. The first-order valence-corrected chi connectivity index (χ1v) is 9.91. The summed E-state index contributed by atoms with van der Waals surface area (Å²) in [5.41, 5.74) is 0.495. The third-order valence-electron chi connectivity index (χ3n) is 5.26. The van der Waals surface area contributed by atoms with Gasteiger partial charge in [0, 0.05) is 17.8 Å². The minimum Gasteiger partial charge on any atom is -0.455 e. The zero-order chi connectivity index (χ0) is 21.7. The van der Waals surface area contributed by atoms with Crippen LogP contribution in [0.15, 0.2) is 48.5 Å². The summed E-state index contributed by atoms with van der Waals surface area (Å²) in [5.74, 6) is -1.80. The van der Waals surface area contributed by atoms with Crippen molar-refractivity contribution in [2.75, 3.05) is 25.5 Å². The highest BCUT2D eigenvalue weighted by Crippen LogP contribution is 2.45. The van der Waals surface area contributed by atoms with Gasteiger partial charge in [0.2, 0.25) is 5.91 Å². The van der Waals surface area contributed by atoms with E-state index in [1.54, 1.807) is 24.3 Å². The monoisotopic (exact) mass is 432 g/mol. The van der Waals surface area contributed by atoms with Gasteiger partial charge < -0.3 is 15.0 Å². The van der Waals surface area contributed by atoms with Gasteiger partial charge >= 0.3 is 5.97 Å². The molecular formula is C22H22ClFN2O4. The largest absolute Gasteiger partial charge is 0.455 e. The van der Waals surface area contributed by atoms with Crippen molar-refractivity contribution in [2.45, 2.75) is 24.7 Å². The number of rotatable bonds is 7. The van der Waals surface area contributed by atoms with Gasteiger partial charge in [-0.25, -0.2) is 4.39 Å². The van der Waals surface area contributed by atoms with Gasteiger partial charge in [0.25, 0.3) is 5.91 Å². The quantitative estimate of drug-likeness (QED) is 0.679. The van der Waals surface area contributed by atoms with E-state index in [4.69, 9.17) is 16.3 Å². The van der Waals surface area contributed by atoms with Crippen LogP contribution in [0.2, 0.25) is 5.02 Å². The maximum atomic E-state index is 12.9. The Morgan fingerprint density at radius 1 is 1.10 bits per heavy atom. The van der Waals surface area contributed by atoms with Crippen molar-refractivity contribution in [3.63, 3.8) is 0 Å². The van der Waals surface area contributed by atoms with E-state index >= 15 is 0 Å². The summed E-state index contributed by atoms with van der Waals surface area (Å²) < 4.78 is 18.2. The summed E-state index contributed by atoms with van der Waals surface area (Å²) in [4.78, 5) is 38.2. The zero-order valence-corrected chi connectivity index (χ0v) is 17.2. The first-order valence-electron chi connectivity index (χ1n) is 9.53. The molecule has 1 fully saturated rings. The van der Waals surface area contributed by atoms with Crippen LogP contribution in [0.3, 0.4) is 0 Å². The van der Waals surface area contributed by atoms with E-state index in [1.807, 2.05) is 0 Å². The average molecular weight is 433 g/mol. The van der Waals surface area contributed by atoms with Crippen LogP contribution in [0.25, 0.3) is 0 Å². The summed E-state index contributed by atoms with van der Waals surface area (Å²) in [5, 5.41) is 3.15. The van der Waals surface area contributed by atoms with Crippen molar-refractivity contribution >= 4 is 35.1 Å². The molecule has 2 aromatic rings. The number of hydrogen-bond donors (Lipinski definition) is 1. The Hall–Kier alpha value is -2.93. The number of anilines is 1. The van der Waals surface area contributed by atoms with Crippen molar-refractivity contribution in [1.29, 1.82) is 0 Å². The van der Waals surface area contributed by atoms with Crippen LogP contribution in [-0.2, 0) is 24.5 Å². The molecule has 8 heteroatoms. The van der Waals surface area contributed by atoms with Crippen LogP contribution in [-0.4, -0.2) is 42.9 Å². The van der Waals surface area contributed by atoms with Gasteiger partial charge in [-0.05, 0) is 54.8 Å². The molecule has 0 bridgehead atoms. The van der Waals surface area contributed by atoms with E-state index in [0.717, 1.165) is 12.0 Å². The minimum atomic E-state index is -0.747. The number of carbonyl (C=O) groups excluding carboxylic acids is 3. The molecule has 30 heavy (non-hydrogen) atoms. The molecule has 3 rings (SSSR count). The third kappa shape index (κ3) is 4.97. The van der Waals surface area contributed by atoms with Gasteiger partial charge in [-0.1, -0.05) is 30.2 Å². The number of benzene rings is 2. The van der Waals surface area contributed by atoms with E-state index in [1.165, 1.54) is 36.2 Å². The van der Waals surface area contributed by atoms with Crippen molar-refractivity contribution in [3.05, 3.63) is 64.9 Å². The Morgan fingerprint density at radius 2 is 1.73 bits per heavy atom. The molecule has 1 N–H and O–H groups in total. The van der Waals surface area contributed by atoms with E-state index in [-0.39, 0.29) is 6.54 Å². The number of ether oxygens (including phenoxy) is 1. The second-order valence-corrected chi connectivity index (χ2v) is 7.76. The summed E-state index contributed by atoms with van der Waals surface area (Å²) >= 11 is 5.92. The van der Waals surface area contributed by atoms with Crippen LogP contribution < -0.4 is 5.32 Å². The highest BCUT2D eigenvalue weighted by atomic mass is 35.5. The Morgan fingerprint density at radius 3 is 2.30 bits per heavy atom. The van der Waals surface area contributed by atoms with Gasteiger partial charge in [-0.2, -0.15) is 0 Å². The van der Waals surface area contributed by atoms with Crippen molar-refractivity contribution in [3.8, 4) is 0 Å². The predicted molar refractivity (Wildman–Crippen MR) is 111 cm³/mol. The summed E-state index contributed by atoms with van der Waals surface area (Å²) in [6.07, 6.45) is 2.20. The van der Waals surface area contributed by atoms with E-state index in [2.05, 4.69) is 5.32 Å². The van der Waals surface area contributed by atoms with Gasteiger partial charge in [-0.3, -0.25) is 14.4 Å². The second-order valence-electron chi connectivity index (χ2n) is 7.32. The Kier molecular flexibility index (Phi) is 6.72. The number of amides is 2. The lowest BCUT2D eigenvalue weighted by atomic mass is 9.64. The maximum absolute atomic E-state index is 12.9. The fraction of sp³-hybridized carbons (Fsp3) is 0.318. The average Bonchev–Trinajstić information content (AvgIpc) is 2.68. The van der Waals surface area contributed by atoms with Gasteiger partial charge in [0.15, 0.2) is 6.61 Å². The van der Waals surface area contributed by atoms with Crippen molar-refractivity contribution in [1.82, 2.24) is 4.90 Å². The van der Waals surface area contributed by atoms with Crippen LogP contribution in [0.1, 0.15) is 24.8 Å². The molecule has 0 aromatic heterocycles. The van der Waals surface area contributed by atoms with Gasteiger partial charge in [0.05, 0.1) is 12.0 Å². The molecule has 1 aliphatic rings. The highest BCUT2D eigenvalue weighted by molar-refractivity contribution is 6.30. The Bertz CT molecular complexity index is 927. The lowest BCUT2D eigenvalue weighted by Crippen LogP contribution is -2.45. The molecule has 0 atom stereocenters. The van der Waals surface area contributed by atoms with E-state index in [9.17, 15) is 18.8 Å². The molecule has 0 saturated heterocycles. The summed E-state index contributed by atoms with van der Waals surface area (Å²) in [6.45, 7) is -0.676. The standard InChI is InChI=1S/C22H22ClFN2O4/c1-26(13-19(27)25-18-9-7-17(24)8-10-18)20(28)14-30-21(29)22(11-2-12-22)15-3-5-16(23)6-4-15/h3-10H,2,11-14H2,1H3,(H,25,27). The molecular weight excluding hydrogens is 411 g/mol. The molecule has 0 spiro atoms. The van der Waals surface area contributed by atoms with Crippen LogP contribution in [0, 0.1) is 5.82 Å². The number of esters is 1. The fourth-order valence-electron chi connectivity index (χ4n) is 3.32. The van der Waals surface area contributed by atoms with E-state index < -0.39 is 35.6 Å². The molecule has 2 amide bonds. The summed E-state index contributed by atoms with van der Waals surface area (Å²) in [6, 6.07) is 12.3. The Balaban J connectivity index is 1.51. The highest BCUT2D eigenvalue weighted by Gasteiger charge is 2.47. The molecule has 0 unspecified atom stereocenters. The van der Waals surface area contributed by atoms with Crippen molar-refractivity contribution < 1.29 is 23.5 Å². The molecule has 2 aromatic carbocycles. The predicted octanol–water partition coefficient (Wildman–Crippen LogP) is 3.54. The van der Waals surface area contributed by atoms with Crippen LogP contribution in [0.5, 0.6) is 0 Å². The molecule has 0 aliphatic heterocycles. The molecule has 1 saturated carbocycles. The zero-order valence-electron chi connectivity index (χ0n) is 16.5. The first kappa shape index (κ1) is 21.8. The maximum Gasteiger partial charge on any atom is 0.317 e. The number of likely N-dealkylation sites (N-methyl/N-ethyl adjacent to an activating group) is 1. The molecule has 0 heterocycles. The van der Waals surface area contributed by atoms with Crippen LogP contribution in [0.4, 0.5) is 10.1 Å². The first-order chi connectivity index (χ1) is 14.3. The normalized spacial score (nSPS) is 14.4. The van der Waals surface area contributed by atoms with Crippen LogP contribution >= 0.6 is 11.6 Å². The number of nitrogens with one attached hydrogen (secondary N) is 1. The van der Waals surface area contributed by atoms with Gasteiger partial charge in [-0.15, -0.1) is 0 Å². The minimum absolute atomic E-state index is 0.226. The second kappa shape index (κ2) is 9.26. The molecule has 6 nitrogen and oxygen atoms in total. The third-order valence-corrected chi connectivity index (χ3v) is 5.51. The smallest absolute Gasteiger partial charge is 0.317 e.